The van der Waals surface area contributed by atoms with E-state index in [0.717, 1.165) is 25.7 Å². The molecular formula is C48H36N2. The van der Waals surface area contributed by atoms with Crippen LogP contribution in [-0.2, 0) is 6.42 Å². The predicted molar refractivity (Wildman–Crippen MR) is 212 cm³/mol. The number of rotatable bonds is 5. The summed E-state index contributed by atoms with van der Waals surface area (Å²) in [6.07, 6.45) is 13.4. The molecule has 0 bridgehead atoms. The van der Waals surface area contributed by atoms with Crippen LogP contribution in [0.4, 0.5) is 0 Å². The van der Waals surface area contributed by atoms with Gasteiger partial charge in [0.2, 0.25) is 0 Å². The van der Waals surface area contributed by atoms with E-state index < -0.39 is 0 Å². The standard InChI is InChI=1S/C48H36N2/c1-5-13-33(14-6-1)35-21-25-45-41(29-35)43-31-37(23-27-47(43)49(45)39-17-9-3-10-18-39)38-24-28-48-44(32-38)42-30-36(34-15-7-2-8-16-34)22-26-46(42)50(48)40-19-11-4-12-20-40/h1-7,9-15,17-20,22-24,26-32H,8,16,21,25H2. The number of hydrogen-bond donors (Lipinski definition) is 0. The molecule has 2 nitrogen and oxygen atoms in total. The van der Waals surface area contributed by atoms with Gasteiger partial charge >= 0.3 is 0 Å². The van der Waals surface area contributed by atoms with Gasteiger partial charge in [-0.25, -0.2) is 0 Å². The van der Waals surface area contributed by atoms with Crippen molar-refractivity contribution >= 4 is 49.9 Å². The topological polar surface area (TPSA) is 9.86 Å². The molecule has 0 saturated carbocycles. The molecule has 0 N–H and O–H groups in total. The average Bonchev–Trinajstić information content (AvgIpc) is 3.70. The molecule has 0 saturated heterocycles. The van der Waals surface area contributed by atoms with Crippen molar-refractivity contribution in [3.8, 4) is 22.5 Å². The Morgan fingerprint density at radius 1 is 0.420 bits per heavy atom. The van der Waals surface area contributed by atoms with Gasteiger partial charge in [-0.3, -0.25) is 0 Å². The highest BCUT2D eigenvalue weighted by molar-refractivity contribution is 6.11. The van der Waals surface area contributed by atoms with E-state index in [1.807, 2.05) is 0 Å². The highest BCUT2D eigenvalue weighted by atomic mass is 15.0. The van der Waals surface area contributed by atoms with Gasteiger partial charge in [0.25, 0.3) is 0 Å². The number of nitrogens with zero attached hydrogens (tertiary/aromatic N) is 2. The number of fused-ring (bicyclic) bond motifs is 6. The van der Waals surface area contributed by atoms with E-state index in [1.54, 1.807) is 0 Å². The van der Waals surface area contributed by atoms with E-state index in [2.05, 4.69) is 179 Å². The van der Waals surface area contributed by atoms with Gasteiger partial charge in [-0.1, -0.05) is 103 Å². The quantitative estimate of drug-likeness (QED) is 0.177. The highest BCUT2D eigenvalue weighted by Gasteiger charge is 2.23. The Balaban J connectivity index is 1.18. The summed E-state index contributed by atoms with van der Waals surface area (Å²) >= 11 is 0. The summed E-state index contributed by atoms with van der Waals surface area (Å²) in [7, 11) is 0. The molecule has 2 heteroatoms. The lowest BCUT2D eigenvalue weighted by molar-refractivity contribution is 0.898. The van der Waals surface area contributed by atoms with Crippen LogP contribution < -0.4 is 0 Å². The molecule has 6 aromatic carbocycles. The summed E-state index contributed by atoms with van der Waals surface area (Å²) in [4.78, 5) is 0. The van der Waals surface area contributed by atoms with Crippen LogP contribution in [0.3, 0.4) is 0 Å². The van der Waals surface area contributed by atoms with Crippen molar-refractivity contribution in [3.63, 3.8) is 0 Å². The number of aromatic nitrogens is 2. The summed E-state index contributed by atoms with van der Waals surface area (Å²) in [5.41, 5.74) is 16.8. The Labute approximate surface area is 292 Å². The fourth-order valence-electron chi connectivity index (χ4n) is 8.31. The van der Waals surface area contributed by atoms with Crippen LogP contribution in [-0.4, -0.2) is 9.13 Å². The second-order valence-corrected chi connectivity index (χ2v) is 13.6. The second-order valence-electron chi connectivity index (χ2n) is 13.6. The maximum absolute atomic E-state index is 2.49. The lowest BCUT2D eigenvalue weighted by atomic mass is 9.90. The normalized spacial score (nSPS) is 14.2. The van der Waals surface area contributed by atoms with Crippen molar-refractivity contribution in [2.45, 2.75) is 25.7 Å². The zero-order valence-electron chi connectivity index (χ0n) is 27.9. The summed E-state index contributed by atoms with van der Waals surface area (Å²) in [6, 6.07) is 53.7. The Kier molecular flexibility index (Phi) is 6.80. The van der Waals surface area contributed by atoms with Crippen LogP contribution in [0.25, 0.3) is 72.4 Å². The molecule has 0 fully saturated rings. The monoisotopic (exact) mass is 640 g/mol. The first-order valence-electron chi connectivity index (χ1n) is 17.8. The van der Waals surface area contributed by atoms with Gasteiger partial charge in [0.1, 0.15) is 0 Å². The minimum absolute atomic E-state index is 1.01. The fourth-order valence-corrected chi connectivity index (χ4v) is 8.31. The third-order valence-electron chi connectivity index (χ3n) is 10.7. The molecule has 2 aliphatic rings. The first kappa shape index (κ1) is 28.9. The summed E-state index contributed by atoms with van der Waals surface area (Å²) in [5.74, 6) is 0. The van der Waals surface area contributed by atoms with Crippen LogP contribution in [0.5, 0.6) is 0 Å². The molecule has 0 amide bonds. The van der Waals surface area contributed by atoms with E-state index in [9.17, 15) is 0 Å². The smallest absolute Gasteiger partial charge is 0.0541 e. The third kappa shape index (κ3) is 4.71. The number of allylic oxidation sites excluding steroid dienone is 5. The molecule has 0 aliphatic heterocycles. The fraction of sp³-hybridized carbons (Fsp3) is 0.0833. The zero-order valence-corrected chi connectivity index (χ0v) is 27.9. The Morgan fingerprint density at radius 2 is 0.980 bits per heavy atom. The molecule has 10 rings (SSSR count). The molecule has 2 aromatic heterocycles. The average molecular weight is 641 g/mol. The van der Waals surface area contributed by atoms with Crippen LogP contribution in [0.2, 0.25) is 0 Å². The predicted octanol–water partition coefficient (Wildman–Crippen LogP) is 12.6. The highest BCUT2D eigenvalue weighted by Crippen LogP contribution is 2.42. The van der Waals surface area contributed by atoms with E-state index in [4.69, 9.17) is 0 Å². The molecule has 8 aromatic rings. The summed E-state index contributed by atoms with van der Waals surface area (Å²) in [5, 5.41) is 3.88. The van der Waals surface area contributed by atoms with Gasteiger partial charge < -0.3 is 9.13 Å². The van der Waals surface area contributed by atoms with Gasteiger partial charge in [-0.05, 0) is 126 Å². The van der Waals surface area contributed by atoms with Gasteiger partial charge in [0.15, 0.2) is 0 Å². The maximum Gasteiger partial charge on any atom is 0.0541 e. The van der Waals surface area contributed by atoms with Crippen molar-refractivity contribution in [2.24, 2.45) is 0 Å². The SMILES string of the molecule is C1=CCCC(c2ccc3c(c2)c2cc(-c4ccc5c(c4)c4c(n5-c5ccccc5)CCC(c5ccccc5)=C4)ccc2n3-c2ccccc2)=C1. The maximum atomic E-state index is 2.49. The number of para-hydroxylation sites is 2. The van der Waals surface area contributed by atoms with E-state index >= 15 is 0 Å². The van der Waals surface area contributed by atoms with Gasteiger partial charge in [0.05, 0.1) is 16.6 Å². The van der Waals surface area contributed by atoms with E-state index in [0.29, 0.717) is 0 Å². The van der Waals surface area contributed by atoms with Crippen LogP contribution in [0, 0.1) is 0 Å². The summed E-state index contributed by atoms with van der Waals surface area (Å²) in [6.45, 7) is 0. The lowest BCUT2D eigenvalue weighted by Crippen LogP contribution is -2.05. The molecule has 0 spiro atoms. The number of hydrogen-bond acceptors (Lipinski definition) is 0. The first-order valence-corrected chi connectivity index (χ1v) is 17.8. The second kappa shape index (κ2) is 11.8. The third-order valence-corrected chi connectivity index (χ3v) is 10.7. The minimum Gasteiger partial charge on any atom is -0.313 e. The van der Waals surface area contributed by atoms with Crippen molar-refractivity contribution < 1.29 is 0 Å². The molecular weight excluding hydrogens is 605 g/mol. The Hall–Kier alpha value is -6.12. The van der Waals surface area contributed by atoms with E-state index in [-0.39, 0.29) is 0 Å². The van der Waals surface area contributed by atoms with Gasteiger partial charge in [0, 0.05) is 38.8 Å². The van der Waals surface area contributed by atoms with Crippen LogP contribution in [0.15, 0.2) is 164 Å². The molecule has 238 valence electrons. The Morgan fingerprint density at radius 3 is 1.62 bits per heavy atom. The molecule has 0 radical (unpaired) electrons. The Bertz CT molecular complexity index is 2660. The molecule has 0 atom stereocenters. The van der Waals surface area contributed by atoms with Crippen molar-refractivity contribution in [1.82, 2.24) is 9.13 Å². The van der Waals surface area contributed by atoms with Crippen molar-refractivity contribution in [1.29, 1.82) is 0 Å². The summed E-state index contributed by atoms with van der Waals surface area (Å²) < 4.78 is 4.91. The van der Waals surface area contributed by atoms with Crippen molar-refractivity contribution in [2.75, 3.05) is 0 Å². The van der Waals surface area contributed by atoms with Gasteiger partial charge in [-0.2, -0.15) is 0 Å². The van der Waals surface area contributed by atoms with Crippen molar-refractivity contribution in [3.05, 3.63) is 186 Å². The van der Waals surface area contributed by atoms with Crippen LogP contribution >= 0.6 is 0 Å². The lowest BCUT2D eigenvalue weighted by Gasteiger charge is -2.17. The zero-order chi connectivity index (χ0) is 33.0. The first-order chi connectivity index (χ1) is 24.8. The molecule has 2 heterocycles. The number of benzene rings is 6. The molecule has 0 unspecified atom stereocenters. The van der Waals surface area contributed by atoms with Crippen LogP contribution in [0.1, 0.15) is 41.6 Å². The van der Waals surface area contributed by atoms with E-state index in [1.165, 1.54) is 88.7 Å². The minimum atomic E-state index is 1.01. The molecule has 50 heavy (non-hydrogen) atoms. The largest absolute Gasteiger partial charge is 0.313 e. The molecule has 2 aliphatic carbocycles. The van der Waals surface area contributed by atoms with Gasteiger partial charge in [-0.15, -0.1) is 0 Å².